The van der Waals surface area contributed by atoms with E-state index in [1.54, 1.807) is 41.5 Å². The van der Waals surface area contributed by atoms with Crippen molar-refractivity contribution in [2.75, 3.05) is 9.96 Å². The van der Waals surface area contributed by atoms with Crippen LogP contribution in [0.4, 0.5) is 11.4 Å². The summed E-state index contributed by atoms with van der Waals surface area (Å²) in [6, 6.07) is 19.9. The first kappa shape index (κ1) is 19.9. The summed E-state index contributed by atoms with van der Waals surface area (Å²) in [7, 11) is 0. The average molecular weight is 455 g/mol. The van der Waals surface area contributed by atoms with Crippen LogP contribution >= 0.6 is 23.2 Å². The van der Waals surface area contributed by atoms with Gasteiger partial charge in [0, 0.05) is 0 Å². The van der Waals surface area contributed by atoms with Crippen LogP contribution in [-0.4, -0.2) is 23.0 Å². The Kier molecular flexibility index (Phi) is 4.85. The lowest BCUT2D eigenvalue weighted by Crippen LogP contribution is -2.37. The van der Waals surface area contributed by atoms with Gasteiger partial charge in [-0.15, -0.1) is 0 Å². The van der Waals surface area contributed by atoms with Crippen molar-refractivity contribution in [2.24, 2.45) is 5.92 Å². The van der Waals surface area contributed by atoms with E-state index >= 15 is 0 Å². The molecule has 0 radical (unpaired) electrons. The van der Waals surface area contributed by atoms with E-state index in [0.29, 0.717) is 10.7 Å². The molecule has 1 N–H and O–H groups in total. The number of para-hydroxylation sites is 1. The van der Waals surface area contributed by atoms with E-state index in [4.69, 9.17) is 28.0 Å². The zero-order valence-electron chi connectivity index (χ0n) is 16.0. The number of hydrogen-bond acceptors (Lipinski definition) is 5. The summed E-state index contributed by atoms with van der Waals surface area (Å²) < 4.78 is 0. The number of carbonyl (C=O) groups excluding carboxylic acids is 2. The van der Waals surface area contributed by atoms with Crippen molar-refractivity contribution < 1.29 is 19.5 Å². The summed E-state index contributed by atoms with van der Waals surface area (Å²) in [5.41, 5.74) is 1.81. The number of halogens is 2. The zero-order chi connectivity index (χ0) is 21.7. The van der Waals surface area contributed by atoms with Crippen LogP contribution in [-0.2, 0) is 14.4 Å². The lowest BCUT2D eigenvalue weighted by Gasteiger charge is -2.28. The van der Waals surface area contributed by atoms with Gasteiger partial charge in [0.25, 0.3) is 5.91 Å². The van der Waals surface area contributed by atoms with Crippen LogP contribution in [0.3, 0.4) is 0 Å². The number of phenols is 1. The fraction of sp³-hybridized carbons (Fsp3) is 0.130. The Morgan fingerprint density at radius 3 is 2.19 bits per heavy atom. The minimum atomic E-state index is -0.985. The molecule has 0 saturated carbocycles. The van der Waals surface area contributed by atoms with Crippen molar-refractivity contribution in [2.45, 2.75) is 12.1 Å². The predicted molar refractivity (Wildman–Crippen MR) is 117 cm³/mol. The molecule has 3 aromatic carbocycles. The summed E-state index contributed by atoms with van der Waals surface area (Å²) >= 11 is 12.1. The maximum atomic E-state index is 13.5. The molecule has 0 spiro atoms. The standard InChI is InChI=1S/C23H16Cl2N2O4/c24-17-11-8-15(12-18(17)25)26-22(29)19-20(13-6-9-16(28)10-7-13)27(31-21(19)23(26)30)14-4-2-1-3-5-14/h1-12,19-21,28H/t19-,20+,21-/m1/s1. The normalized spacial score (nSPS) is 22.8. The molecule has 3 atom stereocenters. The minimum absolute atomic E-state index is 0.108. The van der Waals surface area contributed by atoms with Crippen LogP contribution in [0.15, 0.2) is 72.8 Å². The summed E-state index contributed by atoms with van der Waals surface area (Å²) in [5.74, 6) is -1.51. The maximum Gasteiger partial charge on any atom is 0.266 e. The van der Waals surface area contributed by atoms with Gasteiger partial charge in [-0.25, -0.2) is 9.96 Å². The molecule has 0 aliphatic carbocycles. The van der Waals surface area contributed by atoms with Gasteiger partial charge in [0.1, 0.15) is 11.7 Å². The van der Waals surface area contributed by atoms with Crippen molar-refractivity contribution >= 4 is 46.4 Å². The number of anilines is 2. The molecule has 3 aromatic rings. The molecule has 2 heterocycles. The van der Waals surface area contributed by atoms with Gasteiger partial charge < -0.3 is 5.11 Å². The second-order valence-electron chi connectivity index (χ2n) is 7.36. The summed E-state index contributed by atoms with van der Waals surface area (Å²) in [5, 5.41) is 11.9. The molecule has 6 nitrogen and oxygen atoms in total. The van der Waals surface area contributed by atoms with Crippen molar-refractivity contribution in [3.63, 3.8) is 0 Å². The van der Waals surface area contributed by atoms with Crippen molar-refractivity contribution in [1.82, 2.24) is 0 Å². The van der Waals surface area contributed by atoms with Crippen LogP contribution in [0.2, 0.25) is 10.0 Å². The van der Waals surface area contributed by atoms with Gasteiger partial charge in [-0.2, -0.15) is 0 Å². The molecule has 5 rings (SSSR count). The van der Waals surface area contributed by atoms with Crippen molar-refractivity contribution in [3.8, 4) is 5.75 Å². The first-order valence-corrected chi connectivity index (χ1v) is 10.3. The molecular formula is C23H16Cl2N2O4. The van der Waals surface area contributed by atoms with Gasteiger partial charge in [-0.3, -0.25) is 14.4 Å². The Morgan fingerprint density at radius 1 is 0.806 bits per heavy atom. The molecule has 2 amide bonds. The molecule has 2 aliphatic rings. The largest absolute Gasteiger partial charge is 0.508 e. The van der Waals surface area contributed by atoms with Gasteiger partial charge in [0.05, 0.1) is 27.5 Å². The molecule has 0 bridgehead atoms. The number of fused-ring (bicyclic) bond motifs is 1. The van der Waals surface area contributed by atoms with Gasteiger partial charge >= 0.3 is 0 Å². The number of phenolic OH excluding ortho intramolecular Hbond substituents is 1. The molecular weight excluding hydrogens is 439 g/mol. The third-order valence-corrected chi connectivity index (χ3v) is 6.26. The smallest absolute Gasteiger partial charge is 0.266 e. The molecule has 8 heteroatoms. The Bertz CT molecular complexity index is 1170. The average Bonchev–Trinajstić information content (AvgIpc) is 3.28. The van der Waals surface area contributed by atoms with Crippen LogP contribution in [0, 0.1) is 5.92 Å². The monoisotopic (exact) mass is 454 g/mol. The third-order valence-electron chi connectivity index (χ3n) is 5.52. The third kappa shape index (κ3) is 3.24. The number of hydrogen-bond donors (Lipinski definition) is 1. The lowest BCUT2D eigenvalue weighted by atomic mass is 9.90. The fourth-order valence-electron chi connectivity index (χ4n) is 4.10. The number of amides is 2. The van der Waals surface area contributed by atoms with E-state index in [1.807, 2.05) is 30.3 Å². The fourth-order valence-corrected chi connectivity index (χ4v) is 4.39. The van der Waals surface area contributed by atoms with Crippen molar-refractivity contribution in [3.05, 3.63) is 88.4 Å². The number of rotatable bonds is 3. The SMILES string of the molecule is O=C1[C@H]2[C@@H](ON(c3ccccc3)[C@H]2c2ccc(O)cc2)C(=O)N1c1ccc(Cl)c(Cl)c1. The van der Waals surface area contributed by atoms with E-state index < -0.39 is 24.0 Å². The number of nitrogens with zero attached hydrogens (tertiary/aromatic N) is 2. The molecule has 0 unspecified atom stereocenters. The van der Waals surface area contributed by atoms with Crippen molar-refractivity contribution in [1.29, 1.82) is 0 Å². The van der Waals surface area contributed by atoms with E-state index in [9.17, 15) is 14.7 Å². The Labute approximate surface area is 188 Å². The Hall–Kier alpha value is -3.06. The molecule has 156 valence electrons. The molecule has 2 fully saturated rings. The molecule has 2 aliphatic heterocycles. The first-order chi connectivity index (χ1) is 15.0. The van der Waals surface area contributed by atoms with Crippen LogP contribution in [0.1, 0.15) is 11.6 Å². The maximum absolute atomic E-state index is 13.5. The van der Waals surface area contributed by atoms with Crippen LogP contribution < -0.4 is 9.96 Å². The van der Waals surface area contributed by atoms with E-state index in [-0.39, 0.29) is 16.7 Å². The second-order valence-corrected chi connectivity index (χ2v) is 8.17. The highest BCUT2D eigenvalue weighted by Crippen LogP contribution is 2.48. The highest BCUT2D eigenvalue weighted by Gasteiger charge is 2.60. The predicted octanol–water partition coefficient (Wildman–Crippen LogP) is 4.75. The summed E-state index contributed by atoms with van der Waals surface area (Å²) in [6.45, 7) is 0. The van der Waals surface area contributed by atoms with Gasteiger partial charge in [-0.05, 0) is 48.0 Å². The van der Waals surface area contributed by atoms with E-state index in [2.05, 4.69) is 0 Å². The number of hydroxylamine groups is 1. The highest BCUT2D eigenvalue weighted by atomic mass is 35.5. The zero-order valence-corrected chi connectivity index (χ0v) is 17.5. The van der Waals surface area contributed by atoms with E-state index in [0.717, 1.165) is 16.2 Å². The molecule has 31 heavy (non-hydrogen) atoms. The second kappa shape index (κ2) is 7.57. The van der Waals surface area contributed by atoms with Crippen LogP contribution in [0.5, 0.6) is 5.75 Å². The Balaban J connectivity index is 1.58. The Morgan fingerprint density at radius 2 is 1.52 bits per heavy atom. The lowest BCUT2D eigenvalue weighted by molar-refractivity contribution is -0.126. The summed E-state index contributed by atoms with van der Waals surface area (Å²) in [4.78, 5) is 33.9. The molecule has 0 aromatic heterocycles. The number of imide groups is 1. The number of benzene rings is 3. The highest BCUT2D eigenvalue weighted by molar-refractivity contribution is 6.42. The van der Waals surface area contributed by atoms with Gasteiger partial charge in [0.15, 0.2) is 6.10 Å². The quantitative estimate of drug-likeness (QED) is 0.578. The van der Waals surface area contributed by atoms with E-state index in [1.165, 1.54) is 6.07 Å². The number of carbonyl (C=O) groups is 2. The summed E-state index contributed by atoms with van der Waals surface area (Å²) in [6.07, 6.45) is -0.985. The topological polar surface area (TPSA) is 70.1 Å². The van der Waals surface area contributed by atoms with Gasteiger partial charge in [-0.1, -0.05) is 53.5 Å². The van der Waals surface area contributed by atoms with Gasteiger partial charge in [0.2, 0.25) is 5.91 Å². The number of aromatic hydroxyl groups is 1. The van der Waals surface area contributed by atoms with Crippen LogP contribution in [0.25, 0.3) is 0 Å². The first-order valence-electron chi connectivity index (χ1n) is 9.58. The molecule has 2 saturated heterocycles. The minimum Gasteiger partial charge on any atom is -0.508 e.